The van der Waals surface area contributed by atoms with Crippen LogP contribution in [-0.2, 0) is 6.54 Å². The topological polar surface area (TPSA) is 62.5 Å². The summed E-state index contributed by atoms with van der Waals surface area (Å²) in [6, 6.07) is 0. The summed E-state index contributed by atoms with van der Waals surface area (Å²) in [6.45, 7) is 7.32. The highest BCUT2D eigenvalue weighted by atomic mass is 79.9. The number of aromatic nitrogens is 3. The van der Waals surface area contributed by atoms with E-state index in [-0.39, 0.29) is 0 Å². The number of hydrogen-bond donors (Lipinski definition) is 2. The number of nitrogens with one attached hydrogen (secondary N) is 1. The van der Waals surface area contributed by atoms with Gasteiger partial charge in [0.2, 0.25) is 0 Å². The van der Waals surface area contributed by atoms with Crippen LogP contribution in [0, 0.1) is 5.92 Å². The second-order valence-electron chi connectivity index (χ2n) is 5.89. The van der Waals surface area contributed by atoms with E-state index in [1.54, 1.807) is 6.20 Å². The second-order valence-corrected chi connectivity index (χ2v) is 6.70. The zero-order valence-electron chi connectivity index (χ0n) is 12.1. The molecule has 0 bridgehead atoms. The molecule has 20 heavy (non-hydrogen) atoms. The minimum absolute atomic E-state index is 0.477. The maximum atomic E-state index is 10.3. The van der Waals surface area contributed by atoms with Crippen molar-refractivity contribution in [1.29, 1.82) is 0 Å². The molecule has 2 N–H and O–H groups in total. The number of hydrogen-bond acceptors (Lipinski definition) is 4. The van der Waals surface area contributed by atoms with Crippen molar-refractivity contribution in [3.63, 3.8) is 0 Å². The Labute approximate surface area is 127 Å². The molecule has 2 aromatic rings. The Morgan fingerprint density at radius 3 is 2.85 bits per heavy atom. The minimum atomic E-state index is -0.684. The van der Waals surface area contributed by atoms with E-state index >= 15 is 0 Å². The molecular weight excluding hydrogens is 320 g/mol. The Morgan fingerprint density at radius 2 is 2.15 bits per heavy atom. The third kappa shape index (κ3) is 4.01. The van der Waals surface area contributed by atoms with Gasteiger partial charge < -0.3 is 10.4 Å². The van der Waals surface area contributed by atoms with Crippen molar-refractivity contribution < 1.29 is 5.11 Å². The molecular formula is C14H21BrN4O. The molecule has 2 aromatic heterocycles. The first-order chi connectivity index (χ1) is 9.37. The van der Waals surface area contributed by atoms with E-state index < -0.39 is 5.60 Å². The van der Waals surface area contributed by atoms with Gasteiger partial charge in [-0.15, -0.1) is 0 Å². The fourth-order valence-electron chi connectivity index (χ4n) is 2.46. The molecule has 0 aliphatic heterocycles. The number of nitrogens with zero attached hydrogens (tertiary/aromatic N) is 3. The summed E-state index contributed by atoms with van der Waals surface area (Å²) in [5.74, 6) is 0.477. The quantitative estimate of drug-likeness (QED) is 0.847. The van der Waals surface area contributed by atoms with Gasteiger partial charge in [-0.3, -0.25) is 4.40 Å². The normalized spacial score (nSPS) is 14.9. The lowest BCUT2D eigenvalue weighted by molar-refractivity contribution is 0.0382. The zero-order valence-corrected chi connectivity index (χ0v) is 13.7. The van der Waals surface area contributed by atoms with Crippen molar-refractivity contribution in [1.82, 2.24) is 19.7 Å². The predicted octanol–water partition coefficient (Wildman–Crippen LogP) is 2.38. The van der Waals surface area contributed by atoms with Crippen LogP contribution in [-0.4, -0.2) is 31.6 Å². The highest BCUT2D eigenvalue weighted by molar-refractivity contribution is 9.10. The maximum absolute atomic E-state index is 10.3. The van der Waals surface area contributed by atoms with Gasteiger partial charge in [0.1, 0.15) is 4.60 Å². The molecule has 0 aromatic carbocycles. The Bertz CT molecular complexity index is 580. The Hall–Kier alpha value is -0.980. The maximum Gasteiger partial charge on any atom is 0.155 e. The van der Waals surface area contributed by atoms with Crippen molar-refractivity contribution in [3.05, 3.63) is 28.9 Å². The smallest absolute Gasteiger partial charge is 0.155 e. The molecule has 0 aliphatic rings. The van der Waals surface area contributed by atoms with E-state index in [0.717, 1.165) is 22.4 Å². The fourth-order valence-corrected chi connectivity index (χ4v) is 2.77. The van der Waals surface area contributed by atoms with Crippen molar-refractivity contribution >= 4 is 21.6 Å². The van der Waals surface area contributed by atoms with Crippen molar-refractivity contribution in [2.75, 3.05) is 6.54 Å². The van der Waals surface area contributed by atoms with Crippen LogP contribution < -0.4 is 5.32 Å². The van der Waals surface area contributed by atoms with Crippen molar-refractivity contribution in [2.45, 2.75) is 39.3 Å². The SMILES string of the molecule is CC(C)CC(C)(O)CNCc1cnc2cnc(Br)cn12. The first-order valence-corrected chi connectivity index (χ1v) is 7.57. The summed E-state index contributed by atoms with van der Waals surface area (Å²) in [4.78, 5) is 8.45. The summed E-state index contributed by atoms with van der Waals surface area (Å²) >= 11 is 3.36. The Kier molecular flexibility index (Phi) is 4.78. The van der Waals surface area contributed by atoms with E-state index in [1.165, 1.54) is 0 Å². The van der Waals surface area contributed by atoms with Crippen LogP contribution in [0.25, 0.3) is 5.65 Å². The summed E-state index contributed by atoms with van der Waals surface area (Å²) < 4.78 is 2.76. The van der Waals surface area contributed by atoms with Crippen LogP contribution in [0.1, 0.15) is 32.9 Å². The second kappa shape index (κ2) is 6.20. The van der Waals surface area contributed by atoms with E-state index in [0.29, 0.717) is 19.0 Å². The lowest BCUT2D eigenvalue weighted by atomic mass is 9.94. The summed E-state index contributed by atoms with van der Waals surface area (Å²) in [5, 5.41) is 13.6. The monoisotopic (exact) mass is 340 g/mol. The first kappa shape index (κ1) is 15.4. The van der Waals surface area contributed by atoms with Crippen molar-refractivity contribution in [3.8, 4) is 0 Å². The molecule has 5 nitrogen and oxygen atoms in total. The molecule has 0 saturated heterocycles. The van der Waals surface area contributed by atoms with Gasteiger partial charge in [0.25, 0.3) is 0 Å². The van der Waals surface area contributed by atoms with Gasteiger partial charge in [-0.25, -0.2) is 9.97 Å². The summed E-state index contributed by atoms with van der Waals surface area (Å²) in [6.07, 6.45) is 6.23. The standard InChI is InChI=1S/C14H21BrN4O/c1-10(2)4-14(3,20)9-16-5-11-6-18-13-7-17-12(15)8-19(11)13/h6-8,10,16,20H,4-5,9H2,1-3H3. The average Bonchev–Trinajstić information content (AvgIpc) is 2.70. The Morgan fingerprint density at radius 1 is 1.40 bits per heavy atom. The molecule has 2 heterocycles. The van der Waals surface area contributed by atoms with Crippen molar-refractivity contribution in [2.24, 2.45) is 5.92 Å². The van der Waals surface area contributed by atoms with E-state index in [9.17, 15) is 5.11 Å². The van der Waals surface area contributed by atoms with Crippen LogP contribution in [0.2, 0.25) is 0 Å². The van der Waals surface area contributed by atoms with Crippen LogP contribution in [0.5, 0.6) is 0 Å². The van der Waals surface area contributed by atoms with Gasteiger partial charge in [-0.2, -0.15) is 0 Å². The van der Waals surface area contributed by atoms with Gasteiger partial charge in [0.15, 0.2) is 5.65 Å². The molecule has 0 radical (unpaired) electrons. The molecule has 0 spiro atoms. The third-order valence-corrected chi connectivity index (χ3v) is 3.51. The molecule has 0 saturated carbocycles. The third-order valence-electron chi connectivity index (χ3n) is 3.10. The van der Waals surface area contributed by atoms with Gasteiger partial charge >= 0.3 is 0 Å². The number of halogens is 1. The van der Waals surface area contributed by atoms with Crippen LogP contribution in [0.4, 0.5) is 0 Å². The fraction of sp³-hybridized carbons (Fsp3) is 0.571. The highest BCUT2D eigenvalue weighted by Gasteiger charge is 2.21. The number of rotatable bonds is 6. The van der Waals surface area contributed by atoms with Crippen LogP contribution in [0.15, 0.2) is 23.2 Å². The summed E-state index contributed by atoms with van der Waals surface area (Å²) in [7, 11) is 0. The van der Waals surface area contributed by atoms with Gasteiger partial charge in [-0.05, 0) is 35.2 Å². The van der Waals surface area contributed by atoms with E-state index in [1.807, 2.05) is 23.7 Å². The lowest BCUT2D eigenvalue weighted by Crippen LogP contribution is -2.38. The summed E-state index contributed by atoms with van der Waals surface area (Å²) in [5.41, 5.74) is 1.18. The van der Waals surface area contributed by atoms with E-state index in [4.69, 9.17) is 0 Å². The molecule has 110 valence electrons. The molecule has 0 amide bonds. The minimum Gasteiger partial charge on any atom is -0.389 e. The average molecular weight is 341 g/mol. The van der Waals surface area contributed by atoms with Gasteiger partial charge in [-0.1, -0.05) is 13.8 Å². The first-order valence-electron chi connectivity index (χ1n) is 6.78. The molecule has 1 unspecified atom stereocenters. The Balaban J connectivity index is 1.98. The molecule has 2 rings (SSSR count). The molecule has 0 aliphatic carbocycles. The zero-order chi connectivity index (χ0) is 14.8. The molecule has 6 heteroatoms. The molecule has 1 atom stereocenters. The number of aliphatic hydroxyl groups is 1. The van der Waals surface area contributed by atoms with Crippen LogP contribution >= 0.6 is 15.9 Å². The highest BCUT2D eigenvalue weighted by Crippen LogP contribution is 2.15. The predicted molar refractivity (Wildman–Crippen MR) is 82.5 cm³/mol. The number of fused-ring (bicyclic) bond motifs is 1. The lowest BCUT2D eigenvalue weighted by Gasteiger charge is -2.25. The van der Waals surface area contributed by atoms with E-state index in [2.05, 4.69) is 45.1 Å². The largest absolute Gasteiger partial charge is 0.389 e. The van der Waals surface area contributed by atoms with Crippen LogP contribution in [0.3, 0.4) is 0 Å². The van der Waals surface area contributed by atoms with Gasteiger partial charge in [0, 0.05) is 19.3 Å². The number of imidazole rings is 1. The van der Waals surface area contributed by atoms with Gasteiger partial charge in [0.05, 0.1) is 23.7 Å². The molecule has 0 fully saturated rings.